The first-order chi connectivity index (χ1) is 30.8. The number of carbonyl (C=O) groups is 3. The summed E-state index contributed by atoms with van der Waals surface area (Å²) in [6, 6.07) is 3.12. The fourth-order valence-electron chi connectivity index (χ4n) is 5.73. The van der Waals surface area contributed by atoms with Gasteiger partial charge in [-0.2, -0.15) is 57.1 Å². The summed E-state index contributed by atoms with van der Waals surface area (Å²) in [5, 5.41) is 98.3. The quantitative estimate of drug-likeness (QED) is 0.0223. The van der Waals surface area contributed by atoms with E-state index in [1.54, 1.807) is 26.1 Å². The molecule has 0 radical (unpaired) electrons. The van der Waals surface area contributed by atoms with E-state index in [1.807, 2.05) is 0 Å². The molecule has 11 N–H and O–H groups in total. The highest BCUT2D eigenvalue weighted by atomic mass is 19.4. The van der Waals surface area contributed by atoms with Crippen LogP contribution < -0.4 is 16.0 Å². The number of hydrogen-bond acceptors (Lipinski definition) is 14. The average molecular weight is 1020 g/mol. The van der Waals surface area contributed by atoms with Crippen LogP contribution in [0.4, 0.5) is 57.1 Å². The van der Waals surface area contributed by atoms with E-state index in [4.69, 9.17) is 9.47 Å². The van der Waals surface area contributed by atoms with Crippen LogP contribution in [0.15, 0.2) is 24.3 Å². The van der Waals surface area contributed by atoms with Gasteiger partial charge in [0.2, 0.25) is 11.8 Å². The van der Waals surface area contributed by atoms with Crippen molar-refractivity contribution in [1.29, 1.82) is 0 Å². The van der Waals surface area contributed by atoms with Gasteiger partial charge in [-0.05, 0) is 17.7 Å². The van der Waals surface area contributed by atoms with Gasteiger partial charge >= 0.3 is 35.8 Å². The molecule has 2 rings (SSSR count). The van der Waals surface area contributed by atoms with Gasteiger partial charge < -0.3 is 71.5 Å². The number of amides is 3. The largest absolute Gasteiger partial charge is 0.623 e. The number of carbonyl (C=O) groups excluding carboxylic acids is 3. The third-order valence-corrected chi connectivity index (χ3v) is 10.0. The molecule has 3 amide bonds. The number of rotatable bonds is 23. The number of hydroxylamine groups is 1. The van der Waals surface area contributed by atoms with Crippen LogP contribution in [0.5, 0.6) is 0 Å². The number of halogens is 13. The van der Waals surface area contributed by atoms with Crippen molar-refractivity contribution < 1.29 is 127 Å². The van der Waals surface area contributed by atoms with E-state index >= 15 is 0 Å². The Labute approximate surface area is 375 Å². The predicted molar refractivity (Wildman–Crippen MR) is 200 cm³/mol. The maximum absolute atomic E-state index is 14.5. The molecule has 392 valence electrons. The number of aliphatic hydroxyl groups excluding tert-OH is 8. The van der Waals surface area contributed by atoms with Crippen LogP contribution in [0.1, 0.15) is 51.2 Å². The fraction of sp³-hybridized carbons (Fsp3) is 0.730. The zero-order valence-corrected chi connectivity index (χ0v) is 35.5. The molecule has 1 aromatic rings. The Balaban J connectivity index is 2.41. The van der Waals surface area contributed by atoms with Crippen molar-refractivity contribution in [2.75, 3.05) is 19.8 Å². The summed E-state index contributed by atoms with van der Waals surface area (Å²) in [4.78, 5) is 39.4. The Morgan fingerprint density at radius 3 is 1.84 bits per heavy atom. The fourth-order valence-corrected chi connectivity index (χ4v) is 5.73. The second-order valence-electron chi connectivity index (χ2n) is 16.3. The lowest BCUT2D eigenvalue weighted by Gasteiger charge is -2.41. The number of hydrogen-bond donors (Lipinski definition) is 11. The van der Waals surface area contributed by atoms with Crippen LogP contribution in [0.25, 0.3) is 0 Å². The number of benzene rings is 1. The third kappa shape index (κ3) is 13.8. The van der Waals surface area contributed by atoms with Crippen LogP contribution in [0.2, 0.25) is 0 Å². The second-order valence-corrected chi connectivity index (χ2v) is 16.3. The molecule has 1 unspecified atom stereocenters. The minimum Gasteiger partial charge on any atom is -0.623 e. The van der Waals surface area contributed by atoms with Gasteiger partial charge in [0, 0.05) is 52.3 Å². The topological polar surface area (TPSA) is 294 Å². The molecule has 0 aromatic heterocycles. The van der Waals surface area contributed by atoms with Crippen molar-refractivity contribution in [3.8, 4) is 0 Å². The second kappa shape index (κ2) is 22.7. The maximum atomic E-state index is 14.5. The molecule has 1 heterocycles. The minimum absolute atomic E-state index is 0.293. The van der Waals surface area contributed by atoms with E-state index < -0.39 is 166 Å². The van der Waals surface area contributed by atoms with Crippen molar-refractivity contribution in [1.82, 2.24) is 16.0 Å². The van der Waals surface area contributed by atoms with Crippen LogP contribution in [0.3, 0.4) is 0 Å². The molecule has 1 aliphatic heterocycles. The monoisotopic (exact) mass is 1020 g/mol. The molecule has 0 aliphatic carbocycles. The van der Waals surface area contributed by atoms with E-state index in [9.17, 15) is 118 Å². The van der Waals surface area contributed by atoms with Gasteiger partial charge in [-0.3, -0.25) is 14.4 Å². The molecule has 10 atom stereocenters. The number of nitrogens with zero attached hydrogens (tertiary/aromatic N) is 1. The van der Waals surface area contributed by atoms with Gasteiger partial charge in [0.25, 0.3) is 5.91 Å². The summed E-state index contributed by atoms with van der Waals surface area (Å²) >= 11 is 0. The van der Waals surface area contributed by atoms with E-state index in [2.05, 4.69) is 5.32 Å². The molecule has 68 heavy (non-hydrogen) atoms. The molecular weight excluding hydrogens is 971 g/mol. The van der Waals surface area contributed by atoms with E-state index in [0.717, 1.165) is 0 Å². The van der Waals surface area contributed by atoms with Crippen molar-refractivity contribution in [2.45, 2.75) is 149 Å². The van der Waals surface area contributed by atoms with Gasteiger partial charge in [-0.1, -0.05) is 12.1 Å². The summed E-state index contributed by atoms with van der Waals surface area (Å²) in [6.45, 7) is 0.211. The van der Waals surface area contributed by atoms with E-state index in [-0.39, 0.29) is 0 Å². The lowest BCUT2D eigenvalue weighted by molar-refractivity contribution is -0.530. The Morgan fingerprint density at radius 2 is 1.34 bits per heavy atom. The predicted octanol–water partition coefficient (Wildman–Crippen LogP) is -0.199. The van der Waals surface area contributed by atoms with Gasteiger partial charge in [-0.15, -0.1) is 0 Å². The molecule has 18 nitrogen and oxygen atoms in total. The summed E-state index contributed by atoms with van der Waals surface area (Å²) in [7, 11) is 0. The Bertz CT molecular complexity index is 1870. The van der Waals surface area contributed by atoms with E-state index in [0.29, 0.717) is 15.9 Å². The average Bonchev–Trinajstić information content (AvgIpc) is 3.23. The summed E-state index contributed by atoms with van der Waals surface area (Å²) < 4.78 is 188. The van der Waals surface area contributed by atoms with E-state index in [1.165, 1.54) is 35.8 Å². The smallest absolute Gasteiger partial charge is 0.460 e. The normalized spacial score (nSPS) is 22.7. The number of nitrogens with one attached hydrogen (secondary N) is 3. The highest BCUT2D eigenvalue weighted by molar-refractivity contribution is 5.93. The lowest BCUT2D eigenvalue weighted by atomic mass is 9.92. The summed E-state index contributed by atoms with van der Waals surface area (Å²) in [5.41, 5.74) is -0.151. The molecular formula is C37H49F13N4O14. The zero-order chi connectivity index (χ0) is 52.8. The standard InChI is InChI=1S/C37H49F13N4O14/c1-31(2,3)54(66)13-17-6-4-16(5-7-17)12-52-22(58)11-19(28(64)51-9-8-32(38,39)33(40,41)34(42,43)35(44,45)36(46,47)37(48,49)50)53-29(65)26(62)23(59)20(10-18(57)14-55)67-30-27(63)25(61)24(60)21(15-56)68-30/h4-7,13,18-21,23-27,30,55-57,59-63H,8-12,14-15H2,1-3H3,(H,51,64)(H,52,58)(H,53,65)/t18-,19?,20+,21+,23+,24-,25-,26+,27+,30+/m0/s1. The summed E-state index contributed by atoms with van der Waals surface area (Å²) in [5.74, 6) is -43.9. The molecule has 1 fully saturated rings. The highest BCUT2D eigenvalue weighted by Crippen LogP contribution is 2.60. The van der Waals surface area contributed by atoms with Crippen LogP contribution in [0, 0.1) is 5.21 Å². The van der Waals surface area contributed by atoms with Crippen LogP contribution in [-0.4, -0.2) is 192 Å². The van der Waals surface area contributed by atoms with Gasteiger partial charge in [-0.25, -0.2) is 4.74 Å². The highest BCUT2D eigenvalue weighted by Gasteiger charge is 2.90. The Kier molecular flexibility index (Phi) is 20.0. The van der Waals surface area contributed by atoms with Crippen molar-refractivity contribution in [3.63, 3.8) is 0 Å². The molecule has 0 bridgehead atoms. The summed E-state index contributed by atoms with van der Waals surface area (Å²) in [6.07, 6.45) is -31.4. The Morgan fingerprint density at radius 1 is 0.794 bits per heavy atom. The van der Waals surface area contributed by atoms with Crippen molar-refractivity contribution >= 4 is 23.9 Å². The zero-order valence-electron chi connectivity index (χ0n) is 35.5. The van der Waals surface area contributed by atoms with Crippen LogP contribution >= 0.6 is 0 Å². The molecule has 1 aromatic carbocycles. The number of alkyl halides is 13. The number of aliphatic hydroxyl groups is 8. The number of ether oxygens (including phenoxy) is 2. The van der Waals surface area contributed by atoms with Crippen molar-refractivity contribution in [2.24, 2.45) is 0 Å². The first-order valence-corrected chi connectivity index (χ1v) is 19.6. The maximum Gasteiger partial charge on any atom is 0.460 e. The van der Waals surface area contributed by atoms with Crippen LogP contribution in [-0.2, 0) is 30.4 Å². The molecule has 0 saturated carbocycles. The van der Waals surface area contributed by atoms with Crippen molar-refractivity contribution in [3.05, 3.63) is 40.6 Å². The van der Waals surface area contributed by atoms with Gasteiger partial charge in [0.1, 0.15) is 36.6 Å². The molecule has 31 heteroatoms. The SMILES string of the molecule is CC(C)(C)[N+]([O-])=Cc1ccc(CNC(=O)CC(NC(=O)[C@H](O)[C@H](O)[C@@H](C[C@H](O)CO)O[C@@H]2O[C@H](CO)[C@H](O)[C@H](O)[C@H]2O)C(=O)NCCC(F)(F)C(F)(F)C(F)(F)C(F)(F)C(F)(F)C(F)(F)F)cc1. The molecule has 1 aliphatic rings. The molecule has 0 spiro atoms. The third-order valence-electron chi connectivity index (χ3n) is 10.0. The first-order valence-electron chi connectivity index (χ1n) is 19.6. The Hall–Kier alpha value is -4.21. The van der Waals surface area contributed by atoms with Gasteiger partial charge in [0.05, 0.1) is 31.8 Å². The lowest BCUT2D eigenvalue weighted by Crippen LogP contribution is -2.70. The minimum atomic E-state index is -8.21. The first kappa shape index (κ1) is 59.9. The molecule has 1 saturated heterocycles. The van der Waals surface area contributed by atoms with Gasteiger partial charge in [0.15, 0.2) is 24.1 Å².